The lowest BCUT2D eigenvalue weighted by Gasteiger charge is -2.32. The lowest BCUT2D eigenvalue weighted by atomic mass is 9.80. The predicted octanol–water partition coefficient (Wildman–Crippen LogP) is 4.47. The number of fused-ring (bicyclic) bond motifs is 2. The smallest absolute Gasteiger partial charge is 0.0351 e. The van der Waals surface area contributed by atoms with Gasteiger partial charge in [-0.2, -0.15) is 0 Å². The first kappa shape index (κ1) is 13.2. The van der Waals surface area contributed by atoms with E-state index in [1.54, 1.807) is 0 Å². The topological polar surface area (TPSA) is 12.0 Å². The molecule has 3 rings (SSSR count). The van der Waals surface area contributed by atoms with E-state index in [4.69, 9.17) is 0 Å². The van der Waals surface area contributed by atoms with Gasteiger partial charge in [-0.05, 0) is 62.5 Å². The summed E-state index contributed by atoms with van der Waals surface area (Å²) in [5.74, 6) is 2.90. The van der Waals surface area contributed by atoms with Gasteiger partial charge in [-0.1, -0.05) is 43.2 Å². The Balaban J connectivity index is 1.81. The zero-order chi connectivity index (χ0) is 13.2. The molecule has 0 aromatic heterocycles. The van der Waals surface area contributed by atoms with E-state index in [0.29, 0.717) is 6.04 Å². The third-order valence-electron chi connectivity index (χ3n) is 5.24. The van der Waals surface area contributed by atoms with E-state index in [1.165, 1.54) is 43.2 Å². The van der Waals surface area contributed by atoms with Crippen LogP contribution in [0.5, 0.6) is 0 Å². The van der Waals surface area contributed by atoms with Crippen molar-refractivity contribution in [2.75, 3.05) is 6.54 Å². The summed E-state index contributed by atoms with van der Waals surface area (Å²) in [4.78, 5) is 0. The zero-order valence-corrected chi connectivity index (χ0v) is 12.4. The van der Waals surface area contributed by atoms with Gasteiger partial charge in [0.25, 0.3) is 0 Å². The molecule has 2 aliphatic rings. The van der Waals surface area contributed by atoms with Crippen LogP contribution in [0.3, 0.4) is 0 Å². The van der Waals surface area contributed by atoms with E-state index in [9.17, 15) is 0 Å². The Bertz CT molecular complexity index is 425. The summed E-state index contributed by atoms with van der Waals surface area (Å²) in [6, 6.07) is 9.74. The number of hydrogen-bond donors (Lipinski definition) is 1. The molecule has 1 aromatic carbocycles. The van der Waals surface area contributed by atoms with Gasteiger partial charge in [0.2, 0.25) is 0 Å². The van der Waals surface area contributed by atoms with E-state index >= 15 is 0 Å². The van der Waals surface area contributed by atoms with Crippen molar-refractivity contribution in [2.45, 2.75) is 52.0 Å². The van der Waals surface area contributed by atoms with Crippen LogP contribution in [0.2, 0.25) is 0 Å². The molecule has 0 radical (unpaired) electrons. The Labute approximate surface area is 117 Å². The molecule has 1 N–H and O–H groups in total. The van der Waals surface area contributed by atoms with Crippen molar-refractivity contribution in [1.82, 2.24) is 5.32 Å². The Morgan fingerprint density at radius 1 is 1.26 bits per heavy atom. The minimum absolute atomic E-state index is 0.593. The second kappa shape index (κ2) is 5.66. The molecule has 0 amide bonds. The summed E-state index contributed by atoms with van der Waals surface area (Å²) in [5.41, 5.74) is 2.91. The average Bonchev–Trinajstić information content (AvgIpc) is 3.02. The maximum absolute atomic E-state index is 3.84. The van der Waals surface area contributed by atoms with Crippen LogP contribution < -0.4 is 5.32 Å². The molecule has 0 aliphatic heterocycles. The van der Waals surface area contributed by atoms with Crippen LogP contribution in [-0.2, 0) is 0 Å². The van der Waals surface area contributed by atoms with E-state index in [1.807, 2.05) is 0 Å². The Hall–Kier alpha value is -0.820. The quantitative estimate of drug-likeness (QED) is 0.820. The van der Waals surface area contributed by atoms with Crippen molar-refractivity contribution >= 4 is 0 Å². The normalized spacial score (nSPS) is 30.7. The fourth-order valence-corrected chi connectivity index (χ4v) is 4.38. The van der Waals surface area contributed by atoms with Gasteiger partial charge in [-0.25, -0.2) is 0 Å². The first-order valence-electron chi connectivity index (χ1n) is 8.08. The second-order valence-electron chi connectivity index (χ2n) is 6.68. The minimum atomic E-state index is 0.593. The molecule has 2 aliphatic carbocycles. The molecule has 4 unspecified atom stereocenters. The van der Waals surface area contributed by atoms with Crippen molar-refractivity contribution < 1.29 is 0 Å². The van der Waals surface area contributed by atoms with Crippen LogP contribution in [0, 0.1) is 24.7 Å². The molecule has 1 heteroatoms. The summed E-state index contributed by atoms with van der Waals surface area (Å²) >= 11 is 0. The third kappa shape index (κ3) is 2.72. The van der Waals surface area contributed by atoms with Gasteiger partial charge in [0, 0.05) is 6.04 Å². The van der Waals surface area contributed by atoms with Crippen LogP contribution >= 0.6 is 0 Å². The standard InChI is InChI=1S/C18H27N/c1-3-9-19-18(16-6-4-5-13(2)10-16)17-12-14-7-8-15(17)11-14/h4-6,10,14-15,17-19H,3,7-9,11-12H2,1-2H3. The molecule has 19 heavy (non-hydrogen) atoms. The molecule has 104 valence electrons. The molecule has 4 atom stereocenters. The van der Waals surface area contributed by atoms with E-state index in [2.05, 4.69) is 43.4 Å². The number of nitrogens with one attached hydrogen (secondary N) is 1. The van der Waals surface area contributed by atoms with Crippen molar-refractivity contribution in [3.05, 3.63) is 35.4 Å². The summed E-state index contributed by atoms with van der Waals surface area (Å²) in [6.07, 6.45) is 7.16. The summed E-state index contributed by atoms with van der Waals surface area (Å²) < 4.78 is 0. The molecular formula is C18H27N. The summed E-state index contributed by atoms with van der Waals surface area (Å²) in [5, 5.41) is 3.84. The molecular weight excluding hydrogens is 230 g/mol. The second-order valence-corrected chi connectivity index (χ2v) is 6.68. The molecule has 0 heterocycles. The molecule has 2 bridgehead atoms. The summed E-state index contributed by atoms with van der Waals surface area (Å²) in [7, 11) is 0. The SMILES string of the molecule is CCCNC(c1cccc(C)c1)C1CC2CCC1C2. The van der Waals surface area contributed by atoms with Crippen molar-refractivity contribution in [3.8, 4) is 0 Å². The van der Waals surface area contributed by atoms with Crippen LogP contribution in [0.1, 0.15) is 56.2 Å². The fraction of sp³-hybridized carbons (Fsp3) is 0.667. The number of aryl methyl sites for hydroxylation is 1. The van der Waals surface area contributed by atoms with Gasteiger partial charge in [0.15, 0.2) is 0 Å². The molecule has 0 spiro atoms. The van der Waals surface area contributed by atoms with E-state index in [0.717, 1.165) is 24.3 Å². The molecule has 0 saturated heterocycles. The molecule has 1 nitrogen and oxygen atoms in total. The highest BCUT2D eigenvalue weighted by atomic mass is 14.9. The van der Waals surface area contributed by atoms with Gasteiger partial charge in [0.1, 0.15) is 0 Å². The lowest BCUT2D eigenvalue weighted by molar-refractivity contribution is 0.251. The minimum Gasteiger partial charge on any atom is -0.310 e. The Morgan fingerprint density at radius 3 is 2.79 bits per heavy atom. The molecule has 2 fully saturated rings. The number of hydrogen-bond acceptors (Lipinski definition) is 1. The van der Waals surface area contributed by atoms with Crippen molar-refractivity contribution in [1.29, 1.82) is 0 Å². The highest BCUT2D eigenvalue weighted by Crippen LogP contribution is 2.52. The van der Waals surface area contributed by atoms with Crippen LogP contribution in [0.15, 0.2) is 24.3 Å². The molecule has 1 aromatic rings. The third-order valence-corrected chi connectivity index (χ3v) is 5.24. The van der Waals surface area contributed by atoms with Crippen LogP contribution in [-0.4, -0.2) is 6.54 Å². The predicted molar refractivity (Wildman–Crippen MR) is 81.2 cm³/mol. The Morgan fingerprint density at radius 2 is 2.16 bits per heavy atom. The number of rotatable bonds is 5. The first-order chi connectivity index (χ1) is 9.28. The van der Waals surface area contributed by atoms with Crippen LogP contribution in [0.4, 0.5) is 0 Å². The highest BCUT2D eigenvalue weighted by Gasteiger charge is 2.43. The largest absolute Gasteiger partial charge is 0.310 e. The Kier molecular flexibility index (Phi) is 3.93. The van der Waals surface area contributed by atoms with Gasteiger partial charge in [-0.3, -0.25) is 0 Å². The molecule has 2 saturated carbocycles. The highest BCUT2D eigenvalue weighted by molar-refractivity contribution is 5.26. The van der Waals surface area contributed by atoms with Gasteiger partial charge in [-0.15, -0.1) is 0 Å². The average molecular weight is 257 g/mol. The van der Waals surface area contributed by atoms with E-state index < -0.39 is 0 Å². The maximum atomic E-state index is 3.84. The monoisotopic (exact) mass is 257 g/mol. The number of benzene rings is 1. The van der Waals surface area contributed by atoms with Crippen molar-refractivity contribution in [3.63, 3.8) is 0 Å². The van der Waals surface area contributed by atoms with Gasteiger partial charge >= 0.3 is 0 Å². The zero-order valence-electron chi connectivity index (χ0n) is 12.4. The van der Waals surface area contributed by atoms with Gasteiger partial charge < -0.3 is 5.32 Å². The van der Waals surface area contributed by atoms with Gasteiger partial charge in [0.05, 0.1) is 0 Å². The summed E-state index contributed by atoms with van der Waals surface area (Å²) in [6.45, 7) is 5.62. The lowest BCUT2D eigenvalue weighted by Crippen LogP contribution is -2.32. The van der Waals surface area contributed by atoms with Crippen LogP contribution in [0.25, 0.3) is 0 Å². The maximum Gasteiger partial charge on any atom is 0.0351 e. The fourth-order valence-electron chi connectivity index (χ4n) is 4.38. The van der Waals surface area contributed by atoms with Crippen molar-refractivity contribution in [2.24, 2.45) is 17.8 Å². The first-order valence-corrected chi connectivity index (χ1v) is 8.08. The van der Waals surface area contributed by atoms with E-state index in [-0.39, 0.29) is 0 Å².